The zero-order valence-electron chi connectivity index (χ0n) is 6.23. The van der Waals surface area contributed by atoms with Crippen LogP contribution in [0.15, 0.2) is 16.5 Å². The molecule has 0 bridgehead atoms. The van der Waals surface area contributed by atoms with E-state index in [1.165, 1.54) is 0 Å². The highest BCUT2D eigenvalue weighted by molar-refractivity contribution is 6.28. The van der Waals surface area contributed by atoms with E-state index in [-0.39, 0.29) is 0 Å². The van der Waals surface area contributed by atoms with Crippen molar-refractivity contribution in [3.8, 4) is 0 Å². The minimum absolute atomic E-state index is 0.482. The van der Waals surface area contributed by atoms with Gasteiger partial charge in [-0.3, -0.25) is 0 Å². The Bertz CT molecular complexity index is 203. The van der Waals surface area contributed by atoms with Crippen molar-refractivity contribution in [2.45, 2.75) is 20.3 Å². The fraction of sp³-hybridized carbons (Fsp3) is 0.500. The first-order chi connectivity index (χ1) is 4.68. The summed E-state index contributed by atoms with van der Waals surface area (Å²) in [4.78, 5) is 0. The molecule has 10 heavy (non-hydrogen) atoms. The van der Waals surface area contributed by atoms with Crippen LogP contribution in [-0.4, -0.2) is 0 Å². The second kappa shape index (κ2) is 3.11. The fourth-order valence-corrected chi connectivity index (χ4v) is 1.03. The van der Waals surface area contributed by atoms with Gasteiger partial charge in [0, 0.05) is 6.42 Å². The molecule has 0 fully saturated rings. The van der Waals surface area contributed by atoms with Crippen LogP contribution in [0.2, 0.25) is 5.22 Å². The zero-order chi connectivity index (χ0) is 7.56. The topological polar surface area (TPSA) is 13.1 Å². The maximum absolute atomic E-state index is 5.58. The molecule has 2 heteroatoms. The van der Waals surface area contributed by atoms with Gasteiger partial charge < -0.3 is 4.42 Å². The van der Waals surface area contributed by atoms with Crippen molar-refractivity contribution in [1.82, 2.24) is 0 Å². The Hall–Kier alpha value is -0.430. The lowest BCUT2D eigenvalue weighted by molar-refractivity contribution is 0.474. The Labute approximate surface area is 66.0 Å². The van der Waals surface area contributed by atoms with Gasteiger partial charge in [0.2, 0.25) is 0 Å². The molecule has 0 N–H and O–H groups in total. The molecule has 1 aromatic heterocycles. The van der Waals surface area contributed by atoms with E-state index in [9.17, 15) is 0 Å². The third-order valence-corrected chi connectivity index (χ3v) is 1.44. The molecule has 0 saturated heterocycles. The maximum Gasteiger partial charge on any atom is 0.193 e. The number of hydrogen-bond donors (Lipinski definition) is 0. The molecule has 1 nitrogen and oxygen atoms in total. The van der Waals surface area contributed by atoms with Gasteiger partial charge in [-0.1, -0.05) is 13.8 Å². The fourth-order valence-electron chi connectivity index (χ4n) is 0.864. The average Bonchev–Trinajstić information content (AvgIpc) is 2.13. The highest BCUT2D eigenvalue weighted by atomic mass is 35.5. The predicted molar refractivity (Wildman–Crippen MR) is 42.3 cm³/mol. The molecule has 1 heterocycles. The molecule has 0 spiro atoms. The normalized spacial score (nSPS) is 10.8. The van der Waals surface area contributed by atoms with Crippen molar-refractivity contribution in [1.29, 1.82) is 0 Å². The van der Waals surface area contributed by atoms with Gasteiger partial charge in [-0.2, -0.15) is 0 Å². The molecule has 0 aliphatic carbocycles. The van der Waals surface area contributed by atoms with Crippen LogP contribution in [0.4, 0.5) is 0 Å². The molecular formula is C8H11ClO. The summed E-state index contributed by atoms with van der Waals surface area (Å²) < 4.78 is 5.16. The highest BCUT2D eigenvalue weighted by Crippen LogP contribution is 2.15. The lowest BCUT2D eigenvalue weighted by Crippen LogP contribution is -1.90. The van der Waals surface area contributed by atoms with Crippen molar-refractivity contribution >= 4 is 11.6 Å². The van der Waals surface area contributed by atoms with Crippen LogP contribution in [0, 0.1) is 5.92 Å². The van der Waals surface area contributed by atoms with Crippen LogP contribution in [0.1, 0.15) is 19.6 Å². The molecule has 0 amide bonds. The molecule has 0 radical (unpaired) electrons. The predicted octanol–water partition coefficient (Wildman–Crippen LogP) is 3.13. The monoisotopic (exact) mass is 158 g/mol. The van der Waals surface area contributed by atoms with Crippen LogP contribution in [0.5, 0.6) is 0 Å². The van der Waals surface area contributed by atoms with Crippen LogP contribution >= 0.6 is 11.6 Å². The second-order valence-electron chi connectivity index (χ2n) is 2.80. The largest absolute Gasteiger partial charge is 0.450 e. The molecule has 1 rings (SSSR count). The van der Waals surface area contributed by atoms with E-state index >= 15 is 0 Å². The molecule has 0 aromatic carbocycles. The summed E-state index contributed by atoms with van der Waals surface area (Å²) in [6.45, 7) is 4.30. The van der Waals surface area contributed by atoms with Crippen LogP contribution in [0.25, 0.3) is 0 Å². The van der Waals surface area contributed by atoms with Gasteiger partial charge >= 0.3 is 0 Å². The minimum atomic E-state index is 0.482. The summed E-state index contributed by atoms with van der Waals surface area (Å²) in [5.41, 5.74) is 0. The first-order valence-corrected chi connectivity index (χ1v) is 3.80. The smallest absolute Gasteiger partial charge is 0.193 e. The van der Waals surface area contributed by atoms with E-state index in [2.05, 4.69) is 13.8 Å². The minimum Gasteiger partial charge on any atom is -0.450 e. The maximum atomic E-state index is 5.58. The van der Waals surface area contributed by atoms with E-state index < -0.39 is 0 Å². The van der Waals surface area contributed by atoms with E-state index in [1.807, 2.05) is 6.07 Å². The first kappa shape index (κ1) is 7.67. The summed E-state index contributed by atoms with van der Waals surface area (Å²) in [6.07, 6.45) is 0.965. The Morgan fingerprint density at radius 3 is 2.60 bits per heavy atom. The summed E-state index contributed by atoms with van der Waals surface area (Å²) in [7, 11) is 0. The molecule has 0 aliphatic rings. The molecule has 0 atom stereocenters. The quantitative estimate of drug-likeness (QED) is 0.645. The lowest BCUT2D eigenvalue weighted by atomic mass is 10.1. The van der Waals surface area contributed by atoms with Gasteiger partial charge in [0.1, 0.15) is 5.76 Å². The van der Waals surface area contributed by atoms with Crippen molar-refractivity contribution in [2.75, 3.05) is 0 Å². The Morgan fingerprint density at radius 2 is 2.20 bits per heavy atom. The molecule has 0 aliphatic heterocycles. The summed E-state index contributed by atoms with van der Waals surface area (Å²) in [5.74, 6) is 1.60. The Morgan fingerprint density at radius 1 is 1.50 bits per heavy atom. The molecule has 0 saturated carbocycles. The van der Waals surface area contributed by atoms with Gasteiger partial charge in [0.05, 0.1) is 0 Å². The molecule has 1 aromatic rings. The summed E-state index contributed by atoms with van der Waals surface area (Å²) in [6, 6.07) is 3.70. The van der Waals surface area contributed by atoms with Crippen molar-refractivity contribution in [3.63, 3.8) is 0 Å². The molecule has 0 unspecified atom stereocenters. The first-order valence-electron chi connectivity index (χ1n) is 3.42. The van der Waals surface area contributed by atoms with Crippen LogP contribution < -0.4 is 0 Å². The number of hydrogen-bond acceptors (Lipinski definition) is 1. The van der Waals surface area contributed by atoms with E-state index in [4.69, 9.17) is 16.0 Å². The highest BCUT2D eigenvalue weighted by Gasteiger charge is 2.01. The second-order valence-corrected chi connectivity index (χ2v) is 3.18. The Kier molecular flexibility index (Phi) is 2.39. The van der Waals surface area contributed by atoms with Crippen molar-refractivity contribution < 1.29 is 4.42 Å². The van der Waals surface area contributed by atoms with E-state index in [0.29, 0.717) is 11.1 Å². The molecular weight excluding hydrogens is 148 g/mol. The van der Waals surface area contributed by atoms with E-state index in [1.54, 1.807) is 6.07 Å². The van der Waals surface area contributed by atoms with Gasteiger partial charge in [-0.15, -0.1) is 0 Å². The SMILES string of the molecule is CC(C)Cc1ccc(Cl)o1. The number of furan rings is 1. The van der Waals surface area contributed by atoms with Crippen molar-refractivity contribution in [3.05, 3.63) is 23.1 Å². The van der Waals surface area contributed by atoms with Gasteiger partial charge in [-0.05, 0) is 29.7 Å². The van der Waals surface area contributed by atoms with Crippen LogP contribution in [-0.2, 0) is 6.42 Å². The van der Waals surface area contributed by atoms with Crippen molar-refractivity contribution in [2.24, 2.45) is 5.92 Å². The average molecular weight is 159 g/mol. The van der Waals surface area contributed by atoms with Crippen LogP contribution in [0.3, 0.4) is 0 Å². The standard InChI is InChI=1S/C8H11ClO/c1-6(2)5-7-3-4-8(9)10-7/h3-4,6H,5H2,1-2H3. The van der Waals surface area contributed by atoms with E-state index in [0.717, 1.165) is 12.2 Å². The molecule has 56 valence electrons. The third-order valence-electron chi connectivity index (χ3n) is 1.24. The summed E-state index contributed by atoms with van der Waals surface area (Å²) in [5, 5.41) is 0.482. The number of rotatable bonds is 2. The van der Waals surface area contributed by atoms with Gasteiger partial charge in [0.15, 0.2) is 5.22 Å². The Balaban J connectivity index is 2.58. The summed E-state index contributed by atoms with van der Waals surface area (Å²) >= 11 is 5.58. The van der Waals surface area contributed by atoms with Gasteiger partial charge in [0.25, 0.3) is 0 Å². The lowest BCUT2D eigenvalue weighted by Gasteiger charge is -1.98. The number of halogens is 1. The third kappa shape index (κ3) is 2.07. The van der Waals surface area contributed by atoms with Gasteiger partial charge in [-0.25, -0.2) is 0 Å². The zero-order valence-corrected chi connectivity index (χ0v) is 6.98.